The van der Waals surface area contributed by atoms with Crippen LogP contribution in [0.5, 0.6) is 0 Å². The molecule has 5 heteroatoms. The topological polar surface area (TPSA) is 54.5 Å². The first-order valence-corrected chi connectivity index (χ1v) is 8.82. The summed E-state index contributed by atoms with van der Waals surface area (Å²) in [6.07, 6.45) is 11.1. The van der Waals surface area contributed by atoms with E-state index in [-0.39, 0.29) is 5.91 Å². The second-order valence-electron chi connectivity index (χ2n) is 6.64. The molecule has 1 atom stereocenters. The van der Waals surface area contributed by atoms with Crippen molar-refractivity contribution in [1.29, 1.82) is 0 Å². The Morgan fingerprint density at radius 3 is 2.87 bits per heavy atom. The summed E-state index contributed by atoms with van der Waals surface area (Å²) in [6, 6.07) is 4.42. The van der Waals surface area contributed by atoms with Crippen LogP contribution >= 0.6 is 0 Å². The highest BCUT2D eigenvalue weighted by Gasteiger charge is 2.28. The molecular formula is C18H27N3O2. The van der Waals surface area contributed by atoms with Crippen LogP contribution in [0.25, 0.3) is 0 Å². The Labute approximate surface area is 138 Å². The van der Waals surface area contributed by atoms with Crippen LogP contribution in [0.4, 0.5) is 0 Å². The number of carbonyl (C=O) groups is 1. The van der Waals surface area contributed by atoms with Gasteiger partial charge in [0.2, 0.25) is 5.91 Å². The first-order valence-electron chi connectivity index (χ1n) is 8.82. The van der Waals surface area contributed by atoms with Gasteiger partial charge in [-0.3, -0.25) is 14.7 Å². The normalized spacial score (nSPS) is 21.9. The summed E-state index contributed by atoms with van der Waals surface area (Å²) >= 11 is 0. The Hall–Kier alpha value is -1.46. The Kier molecular flexibility index (Phi) is 6.00. The van der Waals surface area contributed by atoms with Crippen LogP contribution < -0.4 is 5.32 Å². The van der Waals surface area contributed by atoms with Gasteiger partial charge in [-0.05, 0) is 37.3 Å². The number of rotatable bonds is 7. The summed E-state index contributed by atoms with van der Waals surface area (Å²) in [7, 11) is 0. The highest BCUT2D eigenvalue weighted by Crippen LogP contribution is 2.25. The molecule has 1 aromatic heterocycles. The fourth-order valence-corrected chi connectivity index (χ4v) is 3.61. The van der Waals surface area contributed by atoms with Crippen LogP contribution in [0.1, 0.15) is 44.1 Å². The summed E-state index contributed by atoms with van der Waals surface area (Å²) in [5.74, 6) is 0.0961. The Morgan fingerprint density at radius 2 is 2.17 bits per heavy atom. The molecular weight excluding hydrogens is 290 g/mol. The van der Waals surface area contributed by atoms with E-state index in [0.717, 1.165) is 31.6 Å². The number of pyridine rings is 1. The lowest BCUT2D eigenvalue weighted by Gasteiger charge is -2.30. The van der Waals surface area contributed by atoms with Gasteiger partial charge >= 0.3 is 0 Å². The molecule has 1 unspecified atom stereocenters. The van der Waals surface area contributed by atoms with Crippen molar-refractivity contribution in [3.8, 4) is 0 Å². The minimum Gasteiger partial charge on any atom is -0.377 e. The van der Waals surface area contributed by atoms with Crippen molar-refractivity contribution in [3.05, 3.63) is 30.1 Å². The fraction of sp³-hybridized carbons (Fsp3) is 0.667. The standard InChI is InChI=1S/C18H27N3O2/c22-18(20-12-15-5-3-9-19-11-15)14-21(16-6-1-2-7-16)13-17-8-4-10-23-17/h3,5,9,11,16-17H,1-2,4,6-8,10,12-14H2,(H,20,22). The SMILES string of the molecule is O=C(CN(CC1CCCO1)C1CCCC1)NCc1cccnc1. The molecule has 0 radical (unpaired) electrons. The van der Waals surface area contributed by atoms with Crippen molar-refractivity contribution in [2.45, 2.75) is 57.2 Å². The molecule has 0 spiro atoms. The van der Waals surface area contributed by atoms with Crippen molar-refractivity contribution in [2.24, 2.45) is 0 Å². The first kappa shape index (κ1) is 16.4. The number of ether oxygens (including phenoxy) is 1. The van der Waals surface area contributed by atoms with Gasteiger partial charge in [0, 0.05) is 38.1 Å². The monoisotopic (exact) mass is 317 g/mol. The van der Waals surface area contributed by atoms with E-state index in [1.165, 1.54) is 25.7 Å². The average molecular weight is 317 g/mol. The van der Waals surface area contributed by atoms with Crippen molar-refractivity contribution >= 4 is 5.91 Å². The lowest BCUT2D eigenvalue weighted by Crippen LogP contribution is -2.45. The summed E-state index contributed by atoms with van der Waals surface area (Å²) in [4.78, 5) is 18.8. The van der Waals surface area contributed by atoms with E-state index in [1.54, 1.807) is 12.4 Å². The molecule has 1 amide bonds. The molecule has 5 nitrogen and oxygen atoms in total. The largest absolute Gasteiger partial charge is 0.377 e. The minimum absolute atomic E-state index is 0.0961. The highest BCUT2D eigenvalue weighted by molar-refractivity contribution is 5.78. The van der Waals surface area contributed by atoms with E-state index in [4.69, 9.17) is 4.74 Å². The third kappa shape index (κ3) is 5.01. The first-order chi connectivity index (χ1) is 11.3. The van der Waals surface area contributed by atoms with Gasteiger partial charge in [-0.1, -0.05) is 18.9 Å². The van der Waals surface area contributed by atoms with Crippen LogP contribution in [0.3, 0.4) is 0 Å². The van der Waals surface area contributed by atoms with Crippen molar-refractivity contribution in [1.82, 2.24) is 15.2 Å². The second-order valence-corrected chi connectivity index (χ2v) is 6.64. The average Bonchev–Trinajstić information content (AvgIpc) is 3.27. The zero-order chi connectivity index (χ0) is 15.9. The predicted octanol–water partition coefficient (Wildman–Crippen LogP) is 2.12. The minimum atomic E-state index is 0.0961. The maximum Gasteiger partial charge on any atom is 0.234 e. The molecule has 126 valence electrons. The van der Waals surface area contributed by atoms with E-state index < -0.39 is 0 Å². The predicted molar refractivity (Wildman–Crippen MR) is 88.9 cm³/mol. The molecule has 1 aliphatic carbocycles. The zero-order valence-corrected chi connectivity index (χ0v) is 13.7. The number of hydrogen-bond acceptors (Lipinski definition) is 4. The molecule has 1 saturated heterocycles. The summed E-state index contributed by atoms with van der Waals surface area (Å²) in [5.41, 5.74) is 1.03. The molecule has 2 heterocycles. The van der Waals surface area contributed by atoms with Gasteiger partial charge in [-0.2, -0.15) is 0 Å². The van der Waals surface area contributed by atoms with Crippen molar-refractivity contribution in [2.75, 3.05) is 19.7 Å². The molecule has 1 N–H and O–H groups in total. The van der Waals surface area contributed by atoms with E-state index in [2.05, 4.69) is 15.2 Å². The fourth-order valence-electron chi connectivity index (χ4n) is 3.61. The molecule has 1 aliphatic heterocycles. The highest BCUT2D eigenvalue weighted by atomic mass is 16.5. The van der Waals surface area contributed by atoms with Gasteiger partial charge < -0.3 is 10.1 Å². The molecule has 23 heavy (non-hydrogen) atoms. The van der Waals surface area contributed by atoms with Gasteiger partial charge in [0.05, 0.1) is 12.6 Å². The Morgan fingerprint density at radius 1 is 1.30 bits per heavy atom. The quantitative estimate of drug-likeness (QED) is 0.837. The maximum atomic E-state index is 12.3. The van der Waals surface area contributed by atoms with Crippen molar-refractivity contribution < 1.29 is 9.53 Å². The van der Waals surface area contributed by atoms with Gasteiger partial charge in [0.25, 0.3) is 0 Å². The third-order valence-electron chi connectivity index (χ3n) is 4.86. The van der Waals surface area contributed by atoms with Gasteiger partial charge in [0.1, 0.15) is 0 Å². The van der Waals surface area contributed by atoms with E-state index in [1.807, 2.05) is 12.1 Å². The smallest absolute Gasteiger partial charge is 0.234 e. The number of nitrogens with one attached hydrogen (secondary N) is 1. The maximum absolute atomic E-state index is 12.3. The summed E-state index contributed by atoms with van der Waals surface area (Å²) < 4.78 is 5.77. The Bertz CT molecular complexity index is 482. The summed E-state index contributed by atoms with van der Waals surface area (Å²) in [5, 5.41) is 3.02. The van der Waals surface area contributed by atoms with Crippen LogP contribution in [0.15, 0.2) is 24.5 Å². The van der Waals surface area contributed by atoms with Gasteiger partial charge in [0.15, 0.2) is 0 Å². The lowest BCUT2D eigenvalue weighted by molar-refractivity contribution is -0.123. The third-order valence-corrected chi connectivity index (χ3v) is 4.86. The van der Waals surface area contributed by atoms with Crippen LogP contribution in [-0.2, 0) is 16.1 Å². The Balaban J connectivity index is 1.50. The second kappa shape index (κ2) is 8.41. The van der Waals surface area contributed by atoms with Gasteiger partial charge in [-0.25, -0.2) is 0 Å². The number of hydrogen-bond donors (Lipinski definition) is 1. The van der Waals surface area contributed by atoms with Crippen LogP contribution in [-0.4, -0.2) is 47.6 Å². The van der Waals surface area contributed by atoms with Crippen LogP contribution in [0, 0.1) is 0 Å². The molecule has 0 bridgehead atoms. The molecule has 1 aromatic rings. The molecule has 3 rings (SSSR count). The number of nitrogens with zero attached hydrogens (tertiary/aromatic N) is 2. The number of amides is 1. The number of aromatic nitrogens is 1. The molecule has 0 aromatic carbocycles. The van der Waals surface area contributed by atoms with E-state index in [0.29, 0.717) is 25.2 Å². The van der Waals surface area contributed by atoms with E-state index in [9.17, 15) is 4.79 Å². The van der Waals surface area contributed by atoms with E-state index >= 15 is 0 Å². The zero-order valence-electron chi connectivity index (χ0n) is 13.7. The molecule has 2 fully saturated rings. The molecule has 2 aliphatic rings. The molecule has 1 saturated carbocycles. The lowest BCUT2D eigenvalue weighted by atomic mass is 10.1. The van der Waals surface area contributed by atoms with Crippen molar-refractivity contribution in [3.63, 3.8) is 0 Å². The van der Waals surface area contributed by atoms with Crippen LogP contribution in [0.2, 0.25) is 0 Å². The number of carbonyl (C=O) groups excluding carboxylic acids is 1. The summed E-state index contributed by atoms with van der Waals surface area (Å²) in [6.45, 7) is 2.79. The van der Waals surface area contributed by atoms with Gasteiger partial charge in [-0.15, -0.1) is 0 Å².